The molecule has 0 spiro atoms. The highest BCUT2D eigenvalue weighted by Crippen LogP contribution is 2.23. The molecule has 1 atom stereocenters. The van der Waals surface area contributed by atoms with Crippen LogP contribution in [-0.2, 0) is 11.3 Å². The molecule has 0 aliphatic heterocycles. The smallest absolute Gasteiger partial charge is 0.252 e. The van der Waals surface area contributed by atoms with Crippen LogP contribution in [-0.4, -0.2) is 32.3 Å². The monoisotopic (exact) mass is 575 g/mol. The first-order valence-corrected chi connectivity index (χ1v) is 12.5. The van der Waals surface area contributed by atoms with E-state index in [1.807, 2.05) is 61.7 Å². The lowest BCUT2D eigenvalue weighted by Gasteiger charge is -2.16. The average molecular weight is 575 g/mol. The second kappa shape index (κ2) is 11.5. The number of anilines is 1. The van der Waals surface area contributed by atoms with Crippen molar-refractivity contribution in [3.63, 3.8) is 0 Å². The summed E-state index contributed by atoms with van der Waals surface area (Å²) in [4.78, 5) is 25.2. The first-order chi connectivity index (χ1) is 15.8. The number of nitrogens with one attached hydrogen (secondary N) is 2. The van der Waals surface area contributed by atoms with Gasteiger partial charge in [0.05, 0.1) is 11.8 Å². The Hall–Kier alpha value is -2.66. The Kier molecular flexibility index (Phi) is 8.67. The molecule has 0 aliphatic carbocycles. The van der Waals surface area contributed by atoms with Crippen LogP contribution < -0.4 is 10.6 Å². The summed E-state index contributed by atoms with van der Waals surface area (Å²) < 4.78 is 2.98. The molecule has 1 heterocycles. The van der Waals surface area contributed by atoms with Crippen LogP contribution in [0, 0.1) is 17.4 Å². The van der Waals surface area contributed by atoms with Gasteiger partial charge in [-0.3, -0.25) is 9.59 Å². The van der Waals surface area contributed by atoms with Crippen molar-refractivity contribution in [1.29, 1.82) is 0 Å². The number of hydrogen-bond donors (Lipinski definition) is 2. The van der Waals surface area contributed by atoms with Crippen LogP contribution in [0.1, 0.15) is 40.3 Å². The number of carbonyl (C=O) groups excluding carboxylic acids is 2. The van der Waals surface area contributed by atoms with Gasteiger partial charge in [-0.2, -0.15) is 0 Å². The van der Waals surface area contributed by atoms with Gasteiger partial charge < -0.3 is 15.2 Å². The van der Waals surface area contributed by atoms with E-state index in [4.69, 9.17) is 0 Å². The van der Waals surface area contributed by atoms with Crippen molar-refractivity contribution in [3.8, 4) is 0 Å². The van der Waals surface area contributed by atoms with E-state index >= 15 is 0 Å². The van der Waals surface area contributed by atoms with Crippen molar-refractivity contribution in [2.45, 2.75) is 38.5 Å². The van der Waals surface area contributed by atoms with Crippen LogP contribution >= 0.6 is 34.4 Å². The second-order valence-corrected chi connectivity index (χ2v) is 9.73. The maximum absolute atomic E-state index is 12.7. The number of thioether (sulfide) groups is 1. The number of halogens is 1. The Morgan fingerprint density at radius 1 is 1.18 bits per heavy atom. The van der Waals surface area contributed by atoms with E-state index in [9.17, 15) is 9.59 Å². The first-order valence-electron chi connectivity index (χ1n) is 10.4. The lowest BCUT2D eigenvalue weighted by molar-refractivity contribution is -0.113. The zero-order valence-corrected chi connectivity index (χ0v) is 21.7. The van der Waals surface area contributed by atoms with E-state index in [-0.39, 0.29) is 23.6 Å². The van der Waals surface area contributed by atoms with Crippen LogP contribution in [0.3, 0.4) is 0 Å². The third-order valence-electron chi connectivity index (χ3n) is 4.98. The van der Waals surface area contributed by atoms with Crippen molar-refractivity contribution in [1.82, 2.24) is 20.1 Å². The number of rotatable bonds is 9. The molecule has 1 aromatic heterocycles. The molecule has 0 unspecified atom stereocenters. The quantitative estimate of drug-likeness (QED) is 0.215. The van der Waals surface area contributed by atoms with Crippen molar-refractivity contribution < 1.29 is 9.59 Å². The maximum Gasteiger partial charge on any atom is 0.252 e. The minimum atomic E-state index is -0.373. The Balaban J connectivity index is 1.68. The number of amides is 2. The Morgan fingerprint density at radius 2 is 1.94 bits per heavy atom. The predicted octanol–water partition coefficient (Wildman–Crippen LogP) is 4.91. The van der Waals surface area contributed by atoms with Crippen molar-refractivity contribution in [3.05, 3.63) is 81.2 Å². The van der Waals surface area contributed by atoms with Crippen LogP contribution in [0.15, 0.2) is 60.3 Å². The molecule has 0 fully saturated rings. The Labute approximate surface area is 211 Å². The minimum Gasteiger partial charge on any atom is -0.342 e. The van der Waals surface area contributed by atoms with E-state index in [2.05, 4.69) is 50.0 Å². The molecule has 0 saturated heterocycles. The Morgan fingerprint density at radius 3 is 2.64 bits per heavy atom. The molecule has 2 N–H and O–H groups in total. The number of aromatic nitrogens is 3. The maximum atomic E-state index is 12.7. The van der Waals surface area contributed by atoms with Gasteiger partial charge in [-0.1, -0.05) is 36.0 Å². The number of allylic oxidation sites excluding steroid dienone is 1. The summed E-state index contributed by atoms with van der Waals surface area (Å²) in [6.07, 6.45) is 1.74. The molecule has 0 radical (unpaired) electrons. The second-order valence-electron chi connectivity index (χ2n) is 7.55. The predicted molar refractivity (Wildman–Crippen MR) is 141 cm³/mol. The highest BCUT2D eigenvalue weighted by molar-refractivity contribution is 14.1. The van der Waals surface area contributed by atoms with E-state index < -0.39 is 0 Å². The third-order valence-corrected chi connectivity index (χ3v) is 6.61. The summed E-state index contributed by atoms with van der Waals surface area (Å²) in [6.45, 7) is 10.0. The Bertz CT molecular complexity index is 1180. The summed E-state index contributed by atoms with van der Waals surface area (Å²) in [5, 5.41) is 15.1. The van der Waals surface area contributed by atoms with Gasteiger partial charge in [0.15, 0.2) is 11.0 Å². The SMILES string of the molecule is C=CCn1c(SCC(=O)Nc2ccc(I)cc2C)nnc1[C@@H](C)NC(=O)c1ccccc1C. The van der Waals surface area contributed by atoms with Gasteiger partial charge in [0.25, 0.3) is 5.91 Å². The first kappa shape index (κ1) is 25.0. The van der Waals surface area contributed by atoms with Crippen molar-refractivity contribution in [2.24, 2.45) is 0 Å². The molecule has 33 heavy (non-hydrogen) atoms. The summed E-state index contributed by atoms with van der Waals surface area (Å²) in [5.41, 5.74) is 3.33. The van der Waals surface area contributed by atoms with E-state index in [1.165, 1.54) is 11.8 Å². The van der Waals surface area contributed by atoms with Crippen molar-refractivity contribution in [2.75, 3.05) is 11.1 Å². The fourth-order valence-electron chi connectivity index (χ4n) is 3.28. The number of benzene rings is 2. The molecule has 0 bridgehead atoms. The molecule has 2 amide bonds. The van der Waals surface area contributed by atoms with Crippen molar-refractivity contribution >= 4 is 51.9 Å². The molecular weight excluding hydrogens is 549 g/mol. The molecule has 3 aromatic rings. The average Bonchev–Trinajstić information content (AvgIpc) is 3.17. The zero-order valence-electron chi connectivity index (χ0n) is 18.8. The molecule has 3 rings (SSSR count). The molecule has 7 nitrogen and oxygen atoms in total. The normalized spacial score (nSPS) is 11.6. The lowest BCUT2D eigenvalue weighted by Crippen LogP contribution is -2.29. The highest BCUT2D eigenvalue weighted by atomic mass is 127. The van der Waals surface area contributed by atoms with E-state index in [0.717, 1.165) is 20.4 Å². The van der Waals surface area contributed by atoms with Gasteiger partial charge >= 0.3 is 0 Å². The van der Waals surface area contributed by atoms with Crippen LogP contribution in [0.4, 0.5) is 5.69 Å². The van der Waals surface area contributed by atoms with Gasteiger partial charge in [0, 0.05) is 21.4 Å². The van der Waals surface area contributed by atoms with E-state index in [1.54, 1.807) is 12.1 Å². The van der Waals surface area contributed by atoms with Gasteiger partial charge in [-0.05, 0) is 78.8 Å². The topological polar surface area (TPSA) is 88.9 Å². The van der Waals surface area contributed by atoms with Crippen LogP contribution in [0.25, 0.3) is 0 Å². The molecule has 0 saturated carbocycles. The molecule has 9 heteroatoms. The molecule has 2 aromatic carbocycles. The summed E-state index contributed by atoms with van der Waals surface area (Å²) in [7, 11) is 0. The highest BCUT2D eigenvalue weighted by Gasteiger charge is 2.21. The minimum absolute atomic E-state index is 0.125. The van der Waals surface area contributed by atoms with E-state index in [0.29, 0.717) is 23.1 Å². The summed E-state index contributed by atoms with van der Waals surface area (Å²) >= 11 is 3.54. The zero-order chi connectivity index (χ0) is 24.0. The molecule has 172 valence electrons. The van der Waals surface area contributed by atoms with Gasteiger partial charge in [-0.25, -0.2) is 0 Å². The summed E-state index contributed by atoms with van der Waals surface area (Å²) in [5.74, 6) is 0.494. The molecule has 0 aliphatic rings. The lowest BCUT2D eigenvalue weighted by atomic mass is 10.1. The van der Waals surface area contributed by atoms with Gasteiger partial charge in [0.1, 0.15) is 0 Å². The summed E-state index contributed by atoms with van der Waals surface area (Å²) in [6, 6.07) is 12.9. The fraction of sp³-hybridized carbons (Fsp3) is 0.250. The molecular formula is C24H26IN5O2S. The number of aryl methyl sites for hydroxylation is 2. The van der Waals surface area contributed by atoms with Gasteiger partial charge in [0.2, 0.25) is 5.91 Å². The fourth-order valence-corrected chi connectivity index (χ4v) is 4.68. The standard InChI is InChI=1S/C24H26IN5O2S/c1-5-12-30-22(17(4)26-23(32)19-9-7-6-8-15(19)2)28-29-24(30)33-14-21(31)27-20-11-10-18(25)13-16(20)3/h5-11,13,17H,1,12,14H2,2-4H3,(H,26,32)(H,27,31)/t17-/m1/s1. The third kappa shape index (κ3) is 6.44. The number of nitrogens with zero attached hydrogens (tertiary/aromatic N) is 3. The van der Waals surface area contributed by atoms with Crippen LogP contribution in [0.5, 0.6) is 0 Å². The van der Waals surface area contributed by atoms with Crippen LogP contribution in [0.2, 0.25) is 0 Å². The van der Waals surface area contributed by atoms with Gasteiger partial charge in [-0.15, -0.1) is 16.8 Å². The largest absolute Gasteiger partial charge is 0.342 e. The number of carbonyl (C=O) groups is 2. The number of hydrogen-bond acceptors (Lipinski definition) is 5.